The standard InChI is InChI=1S/C14H20N2O4/c1-14(2,20)9-16(3)13(19)15-11-6-4-5-10(7-11)8-12(17)18/h4-7,20H,8-9H2,1-3H3,(H,15,19)(H,17,18). The number of carboxylic acids is 1. The Morgan fingerprint density at radius 1 is 1.35 bits per heavy atom. The summed E-state index contributed by atoms with van der Waals surface area (Å²) in [4.78, 5) is 23.9. The first kappa shape index (κ1) is 16.0. The highest BCUT2D eigenvalue weighted by molar-refractivity contribution is 5.89. The summed E-state index contributed by atoms with van der Waals surface area (Å²) in [7, 11) is 1.58. The molecule has 0 aliphatic heterocycles. The second-order valence-corrected chi connectivity index (χ2v) is 5.37. The van der Waals surface area contributed by atoms with Crippen molar-refractivity contribution < 1.29 is 19.8 Å². The van der Waals surface area contributed by atoms with E-state index in [0.717, 1.165) is 0 Å². The number of likely N-dealkylation sites (N-methyl/N-ethyl adjacent to an activating group) is 1. The summed E-state index contributed by atoms with van der Waals surface area (Å²) in [6.45, 7) is 3.42. The number of benzene rings is 1. The van der Waals surface area contributed by atoms with Crippen LogP contribution in [0.5, 0.6) is 0 Å². The molecule has 110 valence electrons. The van der Waals surface area contributed by atoms with Gasteiger partial charge in [-0.15, -0.1) is 0 Å². The lowest BCUT2D eigenvalue weighted by atomic mass is 10.1. The molecule has 0 saturated heterocycles. The van der Waals surface area contributed by atoms with E-state index in [1.807, 2.05) is 0 Å². The molecular formula is C14H20N2O4. The summed E-state index contributed by atoms with van der Waals surface area (Å²) in [6, 6.07) is 6.30. The van der Waals surface area contributed by atoms with Gasteiger partial charge in [0.25, 0.3) is 0 Å². The fourth-order valence-electron chi connectivity index (χ4n) is 1.80. The van der Waals surface area contributed by atoms with E-state index < -0.39 is 11.6 Å². The maximum Gasteiger partial charge on any atom is 0.321 e. The molecule has 1 aromatic carbocycles. The van der Waals surface area contributed by atoms with Crippen LogP contribution in [-0.4, -0.2) is 46.3 Å². The molecule has 0 heterocycles. The van der Waals surface area contributed by atoms with Crippen LogP contribution in [0.2, 0.25) is 0 Å². The number of amides is 2. The van der Waals surface area contributed by atoms with E-state index in [2.05, 4.69) is 5.32 Å². The average Bonchev–Trinajstić information content (AvgIpc) is 2.26. The van der Waals surface area contributed by atoms with Crippen LogP contribution < -0.4 is 5.32 Å². The number of nitrogens with one attached hydrogen (secondary N) is 1. The van der Waals surface area contributed by atoms with Crippen molar-refractivity contribution in [3.63, 3.8) is 0 Å². The molecule has 0 aromatic heterocycles. The summed E-state index contributed by atoms with van der Waals surface area (Å²) < 4.78 is 0. The molecule has 0 aliphatic carbocycles. The zero-order valence-corrected chi connectivity index (χ0v) is 11.9. The molecule has 3 N–H and O–H groups in total. The minimum absolute atomic E-state index is 0.0940. The van der Waals surface area contributed by atoms with Gasteiger partial charge in [-0.3, -0.25) is 4.79 Å². The van der Waals surface area contributed by atoms with E-state index in [-0.39, 0.29) is 19.0 Å². The molecular weight excluding hydrogens is 260 g/mol. The third-order valence-corrected chi connectivity index (χ3v) is 2.50. The van der Waals surface area contributed by atoms with E-state index in [1.165, 1.54) is 4.90 Å². The lowest BCUT2D eigenvalue weighted by molar-refractivity contribution is -0.136. The normalized spacial score (nSPS) is 11.0. The minimum atomic E-state index is -0.975. The molecule has 0 fully saturated rings. The third kappa shape index (κ3) is 5.71. The average molecular weight is 280 g/mol. The molecule has 0 spiro atoms. The van der Waals surface area contributed by atoms with Crippen LogP contribution in [0.1, 0.15) is 19.4 Å². The van der Waals surface area contributed by atoms with Gasteiger partial charge in [0.2, 0.25) is 0 Å². The smallest absolute Gasteiger partial charge is 0.321 e. The molecule has 20 heavy (non-hydrogen) atoms. The Balaban J connectivity index is 2.68. The fraction of sp³-hybridized carbons (Fsp3) is 0.429. The van der Waals surface area contributed by atoms with Crippen LogP contribution in [0.15, 0.2) is 24.3 Å². The maximum atomic E-state index is 11.9. The van der Waals surface area contributed by atoms with Gasteiger partial charge >= 0.3 is 12.0 Å². The number of anilines is 1. The van der Waals surface area contributed by atoms with Gasteiger partial charge in [-0.05, 0) is 31.5 Å². The van der Waals surface area contributed by atoms with Crippen LogP contribution in [0.3, 0.4) is 0 Å². The zero-order chi connectivity index (χ0) is 15.3. The molecule has 0 saturated carbocycles. The highest BCUT2D eigenvalue weighted by Crippen LogP contribution is 2.12. The van der Waals surface area contributed by atoms with Crippen LogP contribution in [0.25, 0.3) is 0 Å². The third-order valence-electron chi connectivity index (χ3n) is 2.50. The number of carboxylic acid groups (broad SMARTS) is 1. The van der Waals surface area contributed by atoms with Crippen molar-refractivity contribution in [2.45, 2.75) is 25.9 Å². The number of nitrogens with zero attached hydrogens (tertiary/aromatic N) is 1. The van der Waals surface area contributed by atoms with Crippen molar-refractivity contribution in [3.05, 3.63) is 29.8 Å². The van der Waals surface area contributed by atoms with E-state index >= 15 is 0 Å². The number of carbonyl (C=O) groups is 2. The SMILES string of the molecule is CN(CC(C)(C)O)C(=O)Nc1cccc(CC(=O)O)c1. The van der Waals surface area contributed by atoms with Gasteiger partial charge in [0.15, 0.2) is 0 Å². The quantitative estimate of drug-likeness (QED) is 0.763. The van der Waals surface area contributed by atoms with Crippen LogP contribution in [0.4, 0.5) is 10.5 Å². The van der Waals surface area contributed by atoms with E-state index in [9.17, 15) is 14.7 Å². The first-order chi connectivity index (χ1) is 9.17. The van der Waals surface area contributed by atoms with Crippen molar-refractivity contribution in [1.29, 1.82) is 0 Å². The number of aliphatic hydroxyl groups is 1. The van der Waals surface area contributed by atoms with E-state index in [0.29, 0.717) is 11.3 Å². The molecule has 0 aliphatic rings. The Kier molecular flexibility index (Phi) is 5.10. The van der Waals surface area contributed by atoms with E-state index in [4.69, 9.17) is 5.11 Å². The molecule has 1 rings (SSSR count). The van der Waals surface area contributed by atoms with E-state index in [1.54, 1.807) is 45.2 Å². The molecule has 2 amide bonds. The van der Waals surface area contributed by atoms with Crippen LogP contribution in [0, 0.1) is 0 Å². The van der Waals surface area contributed by atoms with Gasteiger partial charge < -0.3 is 20.4 Å². The summed E-state index contributed by atoms with van der Waals surface area (Å²) in [5, 5.41) is 21.1. The summed E-state index contributed by atoms with van der Waals surface area (Å²) in [5.74, 6) is -0.923. The Bertz CT molecular complexity index is 494. The molecule has 0 bridgehead atoms. The molecule has 6 heteroatoms. The predicted octanol–water partition coefficient (Wildman–Crippen LogP) is 1.55. The summed E-state index contributed by atoms with van der Waals surface area (Å²) in [5.41, 5.74) is 0.161. The predicted molar refractivity (Wildman–Crippen MR) is 75.7 cm³/mol. The number of rotatable bonds is 5. The first-order valence-corrected chi connectivity index (χ1v) is 6.22. The Morgan fingerprint density at radius 3 is 2.55 bits per heavy atom. The van der Waals surface area contributed by atoms with Gasteiger partial charge in [0.1, 0.15) is 0 Å². The Morgan fingerprint density at radius 2 is 2.00 bits per heavy atom. The lowest BCUT2D eigenvalue weighted by Crippen LogP contribution is -2.41. The molecule has 0 atom stereocenters. The molecule has 6 nitrogen and oxygen atoms in total. The number of urea groups is 1. The molecule has 0 radical (unpaired) electrons. The lowest BCUT2D eigenvalue weighted by Gasteiger charge is -2.25. The Labute approximate surface area is 118 Å². The minimum Gasteiger partial charge on any atom is -0.481 e. The second kappa shape index (κ2) is 6.38. The largest absolute Gasteiger partial charge is 0.481 e. The summed E-state index contributed by atoms with van der Waals surface area (Å²) in [6.07, 6.45) is -0.0940. The van der Waals surface area contributed by atoms with Gasteiger partial charge in [-0.2, -0.15) is 0 Å². The van der Waals surface area contributed by atoms with Gasteiger partial charge in [-0.1, -0.05) is 12.1 Å². The van der Waals surface area contributed by atoms with Crippen LogP contribution >= 0.6 is 0 Å². The Hall–Kier alpha value is -2.08. The number of hydrogen-bond acceptors (Lipinski definition) is 3. The number of aliphatic carboxylic acids is 1. The fourth-order valence-corrected chi connectivity index (χ4v) is 1.80. The molecule has 0 unspecified atom stereocenters. The van der Waals surface area contributed by atoms with Crippen molar-refractivity contribution in [2.24, 2.45) is 0 Å². The molecule has 1 aromatic rings. The highest BCUT2D eigenvalue weighted by atomic mass is 16.4. The van der Waals surface area contributed by atoms with Crippen molar-refractivity contribution in [1.82, 2.24) is 4.90 Å². The number of hydrogen-bond donors (Lipinski definition) is 3. The zero-order valence-electron chi connectivity index (χ0n) is 11.9. The highest BCUT2D eigenvalue weighted by Gasteiger charge is 2.19. The van der Waals surface area contributed by atoms with Gasteiger partial charge in [-0.25, -0.2) is 4.79 Å². The van der Waals surface area contributed by atoms with Crippen LogP contribution in [-0.2, 0) is 11.2 Å². The van der Waals surface area contributed by atoms with Gasteiger partial charge in [0.05, 0.1) is 18.6 Å². The monoisotopic (exact) mass is 280 g/mol. The van der Waals surface area contributed by atoms with Gasteiger partial charge in [0, 0.05) is 12.7 Å². The summed E-state index contributed by atoms with van der Waals surface area (Å²) >= 11 is 0. The first-order valence-electron chi connectivity index (χ1n) is 6.22. The van der Waals surface area contributed by atoms with Crippen molar-refractivity contribution in [3.8, 4) is 0 Å². The van der Waals surface area contributed by atoms with Crippen molar-refractivity contribution in [2.75, 3.05) is 18.9 Å². The second-order valence-electron chi connectivity index (χ2n) is 5.37. The van der Waals surface area contributed by atoms with Crippen molar-refractivity contribution >= 4 is 17.7 Å². The topological polar surface area (TPSA) is 89.9 Å². The number of carbonyl (C=O) groups excluding carboxylic acids is 1. The maximum absolute atomic E-state index is 11.9.